The smallest absolute Gasteiger partial charge is 0.270 e. The number of hydrogen-bond donors (Lipinski definition) is 7. The van der Waals surface area contributed by atoms with E-state index in [0.717, 1.165) is 92.5 Å². The Balaban J connectivity index is 0.000000175. The van der Waals surface area contributed by atoms with Crippen molar-refractivity contribution >= 4 is 28.9 Å². The van der Waals surface area contributed by atoms with Crippen molar-refractivity contribution in [2.45, 2.75) is 138 Å². The number of nitrogens with one attached hydrogen (secondary N) is 4. The minimum Gasteiger partial charge on any atom is -0.491 e. The first-order chi connectivity index (χ1) is 48.2. The molecule has 8 aromatic rings. The Bertz CT molecular complexity index is 4080. The molecule has 0 bridgehead atoms. The Kier molecular flexibility index (Phi) is 27.2. The minimum atomic E-state index is -0.628. The highest BCUT2D eigenvalue weighted by Crippen LogP contribution is 2.37. The number of anilines is 1. The molecule has 6 heterocycles. The van der Waals surface area contributed by atoms with E-state index in [9.17, 15) is 24.9 Å². The van der Waals surface area contributed by atoms with Gasteiger partial charge < -0.3 is 64.7 Å². The second kappa shape index (κ2) is 36.3. The van der Waals surface area contributed by atoms with Crippen molar-refractivity contribution in [1.29, 1.82) is 0 Å². The molecule has 2 saturated carbocycles. The summed E-state index contributed by atoms with van der Waals surface area (Å²) >= 11 is 0. The van der Waals surface area contributed by atoms with Crippen LogP contribution in [0.4, 0.5) is 5.82 Å². The first kappa shape index (κ1) is 75.0. The van der Waals surface area contributed by atoms with Gasteiger partial charge in [-0.25, -0.2) is 29.9 Å². The first-order valence-electron chi connectivity index (χ1n) is 34.6. The zero-order chi connectivity index (χ0) is 71.4. The molecule has 0 saturated heterocycles. The van der Waals surface area contributed by atoms with Crippen LogP contribution in [0.3, 0.4) is 0 Å². The van der Waals surface area contributed by atoms with Gasteiger partial charge in [0.15, 0.2) is 17.5 Å². The highest BCUT2D eigenvalue weighted by atomic mass is 16.5. The summed E-state index contributed by atoms with van der Waals surface area (Å²) in [5, 5.41) is 49.9. The molecule has 2 amide bonds. The van der Waals surface area contributed by atoms with E-state index in [1.807, 2.05) is 120 Å². The fourth-order valence-corrected chi connectivity index (χ4v) is 12.6. The van der Waals surface area contributed by atoms with E-state index in [-0.39, 0.29) is 31.6 Å². The zero-order valence-electron chi connectivity index (χ0n) is 59.9. The van der Waals surface area contributed by atoms with Crippen LogP contribution in [0, 0.1) is 46.5 Å². The molecule has 2 aliphatic carbocycles. The molecule has 0 radical (unpaired) electrons. The fraction of sp³-hybridized carbons (Fsp3) is 0.461. The third-order valence-corrected chi connectivity index (χ3v) is 18.0. The van der Waals surface area contributed by atoms with E-state index in [2.05, 4.69) is 53.5 Å². The van der Waals surface area contributed by atoms with E-state index >= 15 is 0 Å². The Morgan fingerprint density at radius 2 is 1.06 bits per heavy atom. The van der Waals surface area contributed by atoms with Gasteiger partial charge in [0.05, 0.1) is 46.1 Å². The first-order valence-corrected chi connectivity index (χ1v) is 34.6. The fourth-order valence-electron chi connectivity index (χ4n) is 12.6. The Labute approximate surface area is 586 Å². The van der Waals surface area contributed by atoms with Gasteiger partial charge >= 0.3 is 0 Å². The second-order valence-electron chi connectivity index (χ2n) is 26.1. The lowest BCUT2D eigenvalue weighted by Crippen LogP contribution is -2.31. The molecule has 11 rings (SSSR count). The topological polar surface area (TPSA) is 316 Å². The van der Waals surface area contributed by atoms with Crippen LogP contribution in [-0.4, -0.2) is 172 Å². The molecule has 3 unspecified atom stereocenters. The van der Waals surface area contributed by atoms with Crippen molar-refractivity contribution in [2.24, 2.45) is 16.8 Å². The SMILES string of the molecule is CNCC(O)COc1cccc(-c2nc(C(=O)NCC3CCCCC3)cc(-c3c(C)noc3C)n2)c1.CNCC(O)COc1cccc(-c2nc(C3=C(C)CN=C3C)cc(N(C)C(C)=O)n2)c1.CNCC(O)COc1cccc(-c2nc(CC3CCCC3)c(C)c(-c3c(C)noc3C)n2)c1. The van der Waals surface area contributed by atoms with Crippen LogP contribution >= 0.6 is 0 Å². The molecule has 1 aliphatic heterocycles. The summed E-state index contributed by atoms with van der Waals surface area (Å²) in [4.78, 5) is 60.0. The summed E-state index contributed by atoms with van der Waals surface area (Å²) in [5.41, 5.74) is 13.3. The lowest BCUT2D eigenvalue weighted by Gasteiger charge is -2.21. The van der Waals surface area contributed by atoms with Gasteiger partial charge in [-0.3, -0.25) is 14.6 Å². The number of benzene rings is 3. The summed E-state index contributed by atoms with van der Waals surface area (Å²) in [5.74, 6) is 6.19. The van der Waals surface area contributed by atoms with Crippen molar-refractivity contribution in [3.8, 4) is 73.9 Å². The normalized spacial score (nSPS) is 14.9. The van der Waals surface area contributed by atoms with Crippen LogP contribution in [0.25, 0.3) is 62.3 Å². The van der Waals surface area contributed by atoms with E-state index in [1.165, 1.54) is 56.8 Å². The highest BCUT2D eigenvalue weighted by molar-refractivity contribution is 6.25. The lowest BCUT2D eigenvalue weighted by atomic mass is 9.89. The average molecular weight is 1370 g/mol. The van der Waals surface area contributed by atoms with E-state index in [1.54, 1.807) is 34.3 Å². The summed E-state index contributed by atoms with van der Waals surface area (Å²) in [6, 6.07) is 26.0. The Hall–Kier alpha value is -9.17. The summed E-state index contributed by atoms with van der Waals surface area (Å²) < 4.78 is 28.1. The van der Waals surface area contributed by atoms with Gasteiger partial charge in [-0.15, -0.1) is 0 Å². The molecule has 3 atom stereocenters. The quantitative estimate of drug-likeness (QED) is 0.0252. The van der Waals surface area contributed by atoms with E-state index in [0.29, 0.717) is 114 Å². The Morgan fingerprint density at radius 3 is 1.54 bits per heavy atom. The monoisotopic (exact) mass is 1370 g/mol. The number of carbonyl (C=O) groups excluding carboxylic acids is 2. The molecule has 532 valence electrons. The van der Waals surface area contributed by atoms with Crippen LogP contribution in [-0.2, 0) is 11.2 Å². The molecule has 7 N–H and O–H groups in total. The number of aliphatic hydroxyl groups is 3. The lowest BCUT2D eigenvalue weighted by molar-refractivity contribution is -0.116. The Morgan fingerprint density at radius 1 is 0.580 bits per heavy atom. The molecule has 5 aromatic heterocycles. The summed E-state index contributed by atoms with van der Waals surface area (Å²) in [7, 11) is 7.05. The van der Waals surface area contributed by atoms with Crippen molar-refractivity contribution in [3.05, 3.63) is 136 Å². The molecule has 100 heavy (non-hydrogen) atoms. The molecule has 24 nitrogen and oxygen atoms in total. The number of ether oxygens (including phenoxy) is 3. The molecule has 3 aliphatic rings. The number of rotatable bonds is 27. The molecule has 2 fully saturated rings. The van der Waals surface area contributed by atoms with Crippen LogP contribution in [0.2, 0.25) is 0 Å². The van der Waals surface area contributed by atoms with Gasteiger partial charge in [0.25, 0.3) is 5.91 Å². The average Bonchev–Trinajstić information content (AvgIpc) is 1.33. The highest BCUT2D eigenvalue weighted by Gasteiger charge is 2.26. The van der Waals surface area contributed by atoms with E-state index < -0.39 is 18.3 Å². The molecular weight excluding hydrogens is 1270 g/mol. The van der Waals surface area contributed by atoms with E-state index in [4.69, 9.17) is 43.2 Å². The van der Waals surface area contributed by atoms with Gasteiger partial charge in [0, 0.05) is 79.9 Å². The largest absolute Gasteiger partial charge is 0.491 e. The number of carbonyl (C=O) groups is 2. The minimum absolute atomic E-state index is 0.117. The number of amides is 2. The standard InChI is InChI=1S/C27H35N5O4.C26H34N4O3.C23H29N5O3/c1-17-25(18(2)36-32-17)23-13-24(27(34)29-14-19-8-5-4-6-9-19)31-26(30-23)20-10-7-11-22(12-20)35-16-21(33)15-28-3;1-16-23(12-19-8-5-6-9-19)28-26(29-25(16)24-17(2)30-33-18(24)3)20-10-7-11-22(13-20)32-15-21(31)14-27-4;1-14-11-25-15(2)22(14)20-10-21(28(5)16(3)29)27-23(26-20)17-7-6-8-19(9-17)31-13-18(30)12-24-4/h7,10-13,19,21,28,33H,4-6,8-9,14-16H2,1-3H3,(H,29,34);7,10-11,13,19,21,27,31H,5-6,8-9,12,14-15H2,1-4H3;6-10,18,24,30H,11-13H2,1-5H3. The summed E-state index contributed by atoms with van der Waals surface area (Å²) in [6.45, 7) is 18.4. The van der Waals surface area contributed by atoms with Crippen molar-refractivity contribution < 1.29 is 48.2 Å². The maximum Gasteiger partial charge on any atom is 0.270 e. The predicted molar refractivity (Wildman–Crippen MR) is 388 cm³/mol. The van der Waals surface area contributed by atoms with Crippen molar-refractivity contribution in [2.75, 3.05) is 85.6 Å². The number of aromatic nitrogens is 8. The molecule has 3 aromatic carbocycles. The van der Waals surface area contributed by atoms with Crippen LogP contribution in [0.5, 0.6) is 17.2 Å². The van der Waals surface area contributed by atoms with Crippen LogP contribution < -0.4 is 40.4 Å². The van der Waals surface area contributed by atoms with Gasteiger partial charge in [-0.1, -0.05) is 91.7 Å². The number of aryl methyl sites for hydroxylation is 4. The van der Waals surface area contributed by atoms with Crippen molar-refractivity contribution in [1.82, 2.24) is 61.5 Å². The third-order valence-electron chi connectivity index (χ3n) is 18.0. The van der Waals surface area contributed by atoms with Gasteiger partial charge in [0.1, 0.15) is 78.4 Å². The van der Waals surface area contributed by atoms with Gasteiger partial charge in [0.2, 0.25) is 5.91 Å². The number of likely N-dealkylation sites (N-methyl/N-ethyl adjacent to an activating group) is 3. The number of hydrogen-bond acceptors (Lipinski definition) is 22. The number of allylic oxidation sites excluding steroid dienone is 1. The maximum atomic E-state index is 13.2. The number of nitrogens with zero attached hydrogens (tertiary/aromatic N) is 10. The maximum absolute atomic E-state index is 13.2. The molecule has 0 spiro atoms. The van der Waals surface area contributed by atoms with Gasteiger partial charge in [-0.2, -0.15) is 0 Å². The summed E-state index contributed by atoms with van der Waals surface area (Å²) in [6.07, 6.45) is 10.3. The van der Waals surface area contributed by atoms with Gasteiger partial charge in [-0.05, 0) is 154 Å². The molecular formula is C76H98N14O10. The van der Waals surface area contributed by atoms with Crippen LogP contribution in [0.15, 0.2) is 105 Å². The predicted octanol–water partition coefficient (Wildman–Crippen LogP) is 10.4. The van der Waals surface area contributed by atoms with Crippen molar-refractivity contribution in [3.63, 3.8) is 0 Å². The third kappa shape index (κ3) is 20.3. The molecule has 24 heteroatoms. The van der Waals surface area contributed by atoms with Crippen LogP contribution in [0.1, 0.15) is 129 Å². The second-order valence-corrected chi connectivity index (χ2v) is 26.1. The zero-order valence-corrected chi connectivity index (χ0v) is 59.9. The number of aliphatic imine (C=N–C) groups is 1. The number of aliphatic hydroxyl groups excluding tert-OH is 3.